The highest BCUT2D eigenvalue weighted by Crippen LogP contribution is 2.24. The molecule has 1 aromatic rings. The lowest BCUT2D eigenvalue weighted by molar-refractivity contribution is -0.139. The van der Waals surface area contributed by atoms with Crippen LogP contribution in [0.25, 0.3) is 6.08 Å². The summed E-state index contributed by atoms with van der Waals surface area (Å²) in [6.45, 7) is 7.37. The van der Waals surface area contributed by atoms with Gasteiger partial charge in [-0.2, -0.15) is 0 Å². The fourth-order valence-corrected chi connectivity index (χ4v) is 2.09. The molecule has 102 valence electrons. The lowest BCUT2D eigenvalue weighted by Crippen LogP contribution is -2.11. The predicted octanol–water partition coefficient (Wildman–Crippen LogP) is 3.29. The number of hydrogen-bond acceptors (Lipinski definition) is 3. The van der Waals surface area contributed by atoms with E-state index in [0.29, 0.717) is 31.3 Å². The van der Waals surface area contributed by atoms with Crippen molar-refractivity contribution in [1.82, 2.24) is 0 Å². The molecule has 2 rings (SSSR count). The first-order valence-corrected chi connectivity index (χ1v) is 6.70. The summed E-state index contributed by atoms with van der Waals surface area (Å²) in [5.74, 6) is 0.199. The van der Waals surface area contributed by atoms with Gasteiger partial charge in [0.2, 0.25) is 0 Å². The van der Waals surface area contributed by atoms with Crippen molar-refractivity contribution < 1.29 is 14.3 Å². The number of carbonyl (C=O) groups is 1. The van der Waals surface area contributed by atoms with E-state index in [-0.39, 0.29) is 5.97 Å². The molecule has 1 aliphatic heterocycles. The number of ether oxygens (including phenoxy) is 2. The average molecular weight is 260 g/mol. The highest BCUT2D eigenvalue weighted by molar-refractivity contribution is 5.94. The predicted molar refractivity (Wildman–Crippen MR) is 74.8 cm³/mol. The van der Waals surface area contributed by atoms with Gasteiger partial charge in [-0.25, -0.2) is 4.79 Å². The quantitative estimate of drug-likeness (QED) is 0.782. The minimum absolute atomic E-state index is 0.289. The van der Waals surface area contributed by atoms with Crippen LogP contribution in [-0.4, -0.2) is 19.2 Å². The summed E-state index contributed by atoms with van der Waals surface area (Å²) in [6, 6.07) is 6.32. The average Bonchev–Trinajstić information content (AvgIpc) is 2.60. The van der Waals surface area contributed by atoms with E-state index >= 15 is 0 Å². The van der Waals surface area contributed by atoms with Crippen LogP contribution in [0.3, 0.4) is 0 Å². The number of rotatable bonds is 3. The van der Waals surface area contributed by atoms with Crippen LogP contribution in [0, 0.1) is 0 Å². The van der Waals surface area contributed by atoms with E-state index < -0.39 is 0 Å². The summed E-state index contributed by atoms with van der Waals surface area (Å²) in [5, 5.41) is 0. The summed E-state index contributed by atoms with van der Waals surface area (Å²) < 4.78 is 10.6. The summed E-state index contributed by atoms with van der Waals surface area (Å²) in [7, 11) is 0. The van der Waals surface area contributed by atoms with E-state index in [4.69, 9.17) is 9.47 Å². The molecule has 0 bridgehead atoms. The van der Waals surface area contributed by atoms with E-state index in [9.17, 15) is 4.79 Å². The molecule has 0 atom stereocenters. The molecule has 0 saturated heterocycles. The maximum absolute atomic E-state index is 11.8. The van der Waals surface area contributed by atoms with Crippen molar-refractivity contribution in [3.63, 3.8) is 0 Å². The fraction of sp³-hybridized carbons (Fsp3) is 0.438. The van der Waals surface area contributed by atoms with Crippen LogP contribution in [0.1, 0.15) is 43.4 Å². The van der Waals surface area contributed by atoms with Crippen molar-refractivity contribution in [2.75, 3.05) is 13.2 Å². The molecule has 0 saturated carbocycles. The zero-order valence-corrected chi connectivity index (χ0v) is 11.7. The third-order valence-electron chi connectivity index (χ3n) is 3.22. The third-order valence-corrected chi connectivity index (χ3v) is 3.22. The lowest BCUT2D eigenvalue weighted by Gasteiger charge is -2.09. The molecule has 0 spiro atoms. The molecule has 0 unspecified atom stereocenters. The Labute approximate surface area is 114 Å². The van der Waals surface area contributed by atoms with Crippen LogP contribution in [0.2, 0.25) is 0 Å². The Bertz CT molecular complexity index is 501. The van der Waals surface area contributed by atoms with Crippen molar-refractivity contribution in [3.05, 3.63) is 40.5 Å². The van der Waals surface area contributed by atoms with Gasteiger partial charge in [-0.3, -0.25) is 0 Å². The molecule has 1 aliphatic rings. The first-order valence-electron chi connectivity index (χ1n) is 6.70. The number of esters is 1. The maximum atomic E-state index is 11.8. The third kappa shape index (κ3) is 3.24. The number of fused-ring (bicyclic) bond motifs is 1. The van der Waals surface area contributed by atoms with Crippen LogP contribution in [0.15, 0.2) is 23.8 Å². The van der Waals surface area contributed by atoms with Gasteiger partial charge >= 0.3 is 5.97 Å². The van der Waals surface area contributed by atoms with E-state index in [2.05, 4.69) is 32.0 Å². The summed E-state index contributed by atoms with van der Waals surface area (Å²) in [4.78, 5) is 11.8. The molecule has 0 radical (unpaired) electrons. The fourth-order valence-electron chi connectivity index (χ4n) is 2.09. The minimum Gasteiger partial charge on any atom is -0.463 e. The summed E-state index contributed by atoms with van der Waals surface area (Å²) >= 11 is 0. The van der Waals surface area contributed by atoms with Crippen LogP contribution < -0.4 is 0 Å². The van der Waals surface area contributed by atoms with E-state index in [1.54, 1.807) is 6.92 Å². The first kappa shape index (κ1) is 13.8. The Kier molecular flexibility index (Phi) is 4.38. The zero-order valence-electron chi connectivity index (χ0n) is 11.7. The Hall–Kier alpha value is -1.61. The van der Waals surface area contributed by atoms with Crippen LogP contribution in [0.4, 0.5) is 0 Å². The van der Waals surface area contributed by atoms with Gasteiger partial charge in [0.15, 0.2) is 0 Å². The largest absolute Gasteiger partial charge is 0.463 e. The van der Waals surface area contributed by atoms with Crippen molar-refractivity contribution in [3.8, 4) is 0 Å². The van der Waals surface area contributed by atoms with Gasteiger partial charge in [-0.15, -0.1) is 0 Å². The Balaban J connectivity index is 2.32. The lowest BCUT2D eigenvalue weighted by atomic mass is 9.97. The van der Waals surface area contributed by atoms with Crippen molar-refractivity contribution >= 4 is 12.0 Å². The number of carbonyl (C=O) groups excluding carboxylic acids is 1. The van der Waals surface area contributed by atoms with Gasteiger partial charge in [-0.1, -0.05) is 32.0 Å². The second-order valence-electron chi connectivity index (χ2n) is 5.00. The maximum Gasteiger partial charge on any atom is 0.336 e. The molecule has 3 heteroatoms. The topological polar surface area (TPSA) is 35.5 Å². The second-order valence-corrected chi connectivity index (χ2v) is 5.00. The molecular formula is C16H20O3. The Morgan fingerprint density at radius 2 is 2.16 bits per heavy atom. The van der Waals surface area contributed by atoms with Crippen molar-refractivity contribution in [2.24, 2.45) is 0 Å². The Morgan fingerprint density at radius 1 is 1.37 bits per heavy atom. The standard InChI is InChI=1S/C16H20O3/c1-4-19-16(17)15-8-13-6-5-12(11(2)3)7-14(13)9-18-10-15/h5-8,11H,4,9-10H2,1-3H3. The normalized spacial score (nSPS) is 14.6. The highest BCUT2D eigenvalue weighted by atomic mass is 16.5. The molecule has 19 heavy (non-hydrogen) atoms. The van der Waals surface area contributed by atoms with Gasteiger partial charge in [0.25, 0.3) is 0 Å². The van der Waals surface area contributed by atoms with Crippen molar-refractivity contribution in [2.45, 2.75) is 33.3 Å². The second kappa shape index (κ2) is 6.02. The number of benzene rings is 1. The van der Waals surface area contributed by atoms with E-state index in [1.807, 2.05) is 6.08 Å². The Morgan fingerprint density at radius 3 is 2.84 bits per heavy atom. The molecule has 3 nitrogen and oxygen atoms in total. The van der Waals surface area contributed by atoms with Crippen LogP contribution >= 0.6 is 0 Å². The van der Waals surface area contributed by atoms with Crippen molar-refractivity contribution in [1.29, 1.82) is 0 Å². The summed E-state index contributed by atoms with van der Waals surface area (Å²) in [5.41, 5.74) is 4.05. The number of hydrogen-bond donors (Lipinski definition) is 0. The van der Waals surface area contributed by atoms with Gasteiger partial charge in [0.1, 0.15) is 0 Å². The molecule has 1 heterocycles. The molecule has 0 fully saturated rings. The first-order chi connectivity index (χ1) is 9.11. The molecule has 0 aliphatic carbocycles. The molecule has 0 aromatic heterocycles. The van der Waals surface area contributed by atoms with Gasteiger partial charge in [-0.05, 0) is 35.6 Å². The smallest absolute Gasteiger partial charge is 0.336 e. The molecular weight excluding hydrogens is 240 g/mol. The van der Waals surface area contributed by atoms with E-state index in [1.165, 1.54) is 5.56 Å². The van der Waals surface area contributed by atoms with Gasteiger partial charge in [0.05, 0.1) is 25.4 Å². The highest BCUT2D eigenvalue weighted by Gasteiger charge is 2.16. The van der Waals surface area contributed by atoms with Crippen LogP contribution in [0.5, 0.6) is 0 Å². The molecule has 0 amide bonds. The molecule has 0 N–H and O–H groups in total. The van der Waals surface area contributed by atoms with Gasteiger partial charge < -0.3 is 9.47 Å². The minimum atomic E-state index is -0.289. The van der Waals surface area contributed by atoms with Gasteiger partial charge in [0, 0.05) is 0 Å². The monoisotopic (exact) mass is 260 g/mol. The zero-order chi connectivity index (χ0) is 13.8. The molecule has 1 aromatic carbocycles. The SMILES string of the molecule is CCOC(=O)C1=Cc2ccc(C(C)C)cc2COC1. The van der Waals surface area contributed by atoms with E-state index in [0.717, 1.165) is 11.1 Å². The summed E-state index contributed by atoms with van der Waals surface area (Å²) in [6.07, 6.45) is 1.88. The van der Waals surface area contributed by atoms with Crippen LogP contribution in [-0.2, 0) is 20.9 Å².